The van der Waals surface area contributed by atoms with Crippen LogP contribution in [0.4, 0.5) is 4.39 Å². The molecule has 0 aromatic heterocycles. The molecule has 0 N–H and O–H groups in total. The summed E-state index contributed by atoms with van der Waals surface area (Å²) in [5.74, 6) is 0. The van der Waals surface area contributed by atoms with E-state index in [2.05, 4.69) is 0 Å². The van der Waals surface area contributed by atoms with Crippen LogP contribution >= 0.6 is 0 Å². The minimum absolute atomic E-state index is 0.167. The number of halogens is 1. The van der Waals surface area contributed by atoms with Gasteiger partial charge >= 0.3 is 0 Å². The van der Waals surface area contributed by atoms with Crippen molar-refractivity contribution >= 4 is 0 Å². The van der Waals surface area contributed by atoms with Crippen LogP contribution in [-0.2, 0) is 9.47 Å². The van der Waals surface area contributed by atoms with E-state index in [1.165, 1.54) is 0 Å². The number of ether oxygens (including phenoxy) is 2. The predicted octanol–water partition coefficient (Wildman–Crippen LogP) is 1.35. The zero-order valence-corrected chi connectivity index (χ0v) is 6.39. The molecule has 0 aromatic rings. The van der Waals surface area contributed by atoms with E-state index in [4.69, 9.17) is 9.47 Å². The second kappa shape index (κ2) is 2.84. The average Bonchev–Trinajstić information content (AvgIpc) is 1.96. The van der Waals surface area contributed by atoms with Crippen LogP contribution in [0.3, 0.4) is 0 Å². The molecule has 0 spiro atoms. The summed E-state index contributed by atoms with van der Waals surface area (Å²) in [6.45, 7) is 4.19. The first-order valence-corrected chi connectivity index (χ1v) is 3.45. The topological polar surface area (TPSA) is 18.5 Å². The first-order valence-electron chi connectivity index (χ1n) is 3.45. The van der Waals surface area contributed by atoms with Gasteiger partial charge in [0.25, 0.3) is 0 Å². The Kier molecular flexibility index (Phi) is 2.26. The van der Waals surface area contributed by atoms with Gasteiger partial charge in [-0.25, -0.2) is 0 Å². The Morgan fingerprint density at radius 3 is 2.40 bits per heavy atom. The van der Waals surface area contributed by atoms with E-state index in [0.29, 0.717) is 13.2 Å². The highest BCUT2D eigenvalue weighted by molar-refractivity contribution is 4.74. The Morgan fingerprint density at radius 1 is 1.50 bits per heavy atom. The van der Waals surface area contributed by atoms with Crippen molar-refractivity contribution in [1.29, 1.82) is 0 Å². The molecule has 3 heteroatoms. The molecule has 1 aliphatic heterocycles. The minimum Gasteiger partial charge on any atom is -0.352 e. The smallest absolute Gasteiger partial charge is 0.154 e. The molecule has 60 valence electrons. The first-order chi connectivity index (χ1) is 4.66. The molecule has 0 aliphatic carbocycles. The largest absolute Gasteiger partial charge is 0.352 e. The highest BCUT2D eigenvalue weighted by Crippen LogP contribution is 2.23. The summed E-state index contributed by atoms with van der Waals surface area (Å²) in [6, 6.07) is 0. The van der Waals surface area contributed by atoms with Gasteiger partial charge in [-0.2, -0.15) is 0 Å². The van der Waals surface area contributed by atoms with Crippen molar-refractivity contribution in [1.82, 2.24) is 0 Å². The van der Waals surface area contributed by atoms with E-state index in [1.54, 1.807) is 0 Å². The summed E-state index contributed by atoms with van der Waals surface area (Å²) in [7, 11) is 0. The van der Waals surface area contributed by atoms with Crippen LogP contribution < -0.4 is 0 Å². The summed E-state index contributed by atoms with van der Waals surface area (Å²) in [6.07, 6.45) is -0.167. The van der Waals surface area contributed by atoms with Gasteiger partial charge in [0.2, 0.25) is 0 Å². The van der Waals surface area contributed by atoms with E-state index in [9.17, 15) is 4.39 Å². The van der Waals surface area contributed by atoms with Gasteiger partial charge < -0.3 is 9.47 Å². The van der Waals surface area contributed by atoms with Crippen LogP contribution in [0.25, 0.3) is 0 Å². The normalized spacial score (nSPS) is 41.7. The van der Waals surface area contributed by atoms with E-state index < -0.39 is 5.41 Å². The number of rotatable bonds is 1. The summed E-state index contributed by atoms with van der Waals surface area (Å²) >= 11 is 0. The van der Waals surface area contributed by atoms with Crippen LogP contribution in [-0.4, -0.2) is 26.2 Å². The summed E-state index contributed by atoms with van der Waals surface area (Å²) in [5, 5.41) is 0. The fourth-order valence-corrected chi connectivity index (χ4v) is 0.804. The number of alkyl halides is 1. The molecule has 0 radical (unpaired) electrons. The SMILES string of the molecule is CC1OCC(C)(CF)CO1. The third-order valence-corrected chi connectivity index (χ3v) is 1.66. The average molecular weight is 148 g/mol. The highest BCUT2D eigenvalue weighted by Gasteiger charge is 2.30. The van der Waals surface area contributed by atoms with Gasteiger partial charge in [0.1, 0.15) is 0 Å². The van der Waals surface area contributed by atoms with Crippen molar-refractivity contribution in [2.45, 2.75) is 20.1 Å². The predicted molar refractivity (Wildman–Crippen MR) is 35.4 cm³/mol. The van der Waals surface area contributed by atoms with Gasteiger partial charge in [-0.1, -0.05) is 6.92 Å². The Hall–Kier alpha value is -0.150. The molecular weight excluding hydrogens is 135 g/mol. The summed E-state index contributed by atoms with van der Waals surface area (Å²) in [5.41, 5.74) is -0.410. The minimum atomic E-state index is -0.410. The van der Waals surface area contributed by atoms with Gasteiger partial charge in [-0.05, 0) is 6.92 Å². The fraction of sp³-hybridized carbons (Fsp3) is 1.00. The third kappa shape index (κ3) is 1.67. The zero-order valence-electron chi connectivity index (χ0n) is 6.39. The lowest BCUT2D eigenvalue weighted by atomic mass is 9.94. The quantitative estimate of drug-likeness (QED) is 0.559. The molecule has 1 fully saturated rings. The lowest BCUT2D eigenvalue weighted by Gasteiger charge is -2.33. The maximum Gasteiger partial charge on any atom is 0.154 e. The van der Waals surface area contributed by atoms with Crippen LogP contribution in [0.2, 0.25) is 0 Å². The maximum atomic E-state index is 12.2. The molecular formula is C7H13FO2. The van der Waals surface area contributed by atoms with Crippen molar-refractivity contribution < 1.29 is 13.9 Å². The van der Waals surface area contributed by atoms with Gasteiger partial charge in [0.15, 0.2) is 6.29 Å². The Bertz CT molecular complexity index is 108. The van der Waals surface area contributed by atoms with Crippen molar-refractivity contribution in [2.24, 2.45) is 5.41 Å². The molecule has 1 saturated heterocycles. The van der Waals surface area contributed by atoms with E-state index in [0.717, 1.165) is 0 Å². The third-order valence-electron chi connectivity index (χ3n) is 1.66. The Morgan fingerprint density at radius 2 is 2.00 bits per heavy atom. The van der Waals surface area contributed by atoms with E-state index >= 15 is 0 Å². The molecule has 0 amide bonds. The van der Waals surface area contributed by atoms with E-state index in [1.807, 2.05) is 13.8 Å². The van der Waals surface area contributed by atoms with Crippen LogP contribution in [0.5, 0.6) is 0 Å². The van der Waals surface area contributed by atoms with Crippen molar-refractivity contribution in [3.8, 4) is 0 Å². The second-order valence-electron chi connectivity index (χ2n) is 3.13. The molecule has 1 aliphatic rings. The van der Waals surface area contributed by atoms with Crippen LogP contribution in [0, 0.1) is 5.41 Å². The summed E-state index contributed by atoms with van der Waals surface area (Å²) in [4.78, 5) is 0. The van der Waals surface area contributed by atoms with Gasteiger partial charge in [0.05, 0.1) is 19.9 Å². The Labute approximate surface area is 60.3 Å². The first kappa shape index (κ1) is 7.95. The van der Waals surface area contributed by atoms with Gasteiger partial charge in [-0.3, -0.25) is 4.39 Å². The van der Waals surface area contributed by atoms with E-state index in [-0.39, 0.29) is 13.0 Å². The Balaban J connectivity index is 2.38. The second-order valence-corrected chi connectivity index (χ2v) is 3.13. The molecule has 0 bridgehead atoms. The highest BCUT2D eigenvalue weighted by atomic mass is 19.1. The monoisotopic (exact) mass is 148 g/mol. The molecule has 0 aromatic carbocycles. The lowest BCUT2D eigenvalue weighted by Crippen LogP contribution is -2.40. The summed E-state index contributed by atoms with van der Waals surface area (Å²) < 4.78 is 22.5. The molecule has 10 heavy (non-hydrogen) atoms. The van der Waals surface area contributed by atoms with Gasteiger partial charge in [-0.15, -0.1) is 0 Å². The van der Waals surface area contributed by atoms with Crippen LogP contribution in [0.1, 0.15) is 13.8 Å². The molecule has 2 nitrogen and oxygen atoms in total. The van der Waals surface area contributed by atoms with Gasteiger partial charge in [0, 0.05) is 5.41 Å². The molecule has 1 rings (SSSR count). The number of hydrogen-bond acceptors (Lipinski definition) is 2. The standard InChI is InChI=1S/C7H13FO2/c1-6-9-4-7(2,3-8)5-10-6/h6H,3-5H2,1-2H3. The fourth-order valence-electron chi connectivity index (χ4n) is 0.804. The molecule has 1 heterocycles. The maximum absolute atomic E-state index is 12.2. The number of hydrogen-bond donors (Lipinski definition) is 0. The van der Waals surface area contributed by atoms with Crippen molar-refractivity contribution in [3.05, 3.63) is 0 Å². The lowest BCUT2D eigenvalue weighted by molar-refractivity contribution is -0.219. The molecule has 0 atom stereocenters. The van der Waals surface area contributed by atoms with Crippen molar-refractivity contribution in [2.75, 3.05) is 19.9 Å². The van der Waals surface area contributed by atoms with Crippen LogP contribution in [0.15, 0.2) is 0 Å². The zero-order chi connectivity index (χ0) is 7.61. The van der Waals surface area contributed by atoms with Crippen molar-refractivity contribution in [3.63, 3.8) is 0 Å². The molecule has 0 saturated carbocycles. The molecule has 0 unspecified atom stereocenters.